The molecule has 32 heavy (non-hydrogen) atoms. The second-order valence-electron chi connectivity index (χ2n) is 9.24. The molecule has 1 atom stereocenters. The van der Waals surface area contributed by atoms with Crippen molar-refractivity contribution in [1.29, 1.82) is 0 Å². The van der Waals surface area contributed by atoms with E-state index in [9.17, 15) is 4.79 Å². The van der Waals surface area contributed by atoms with Crippen LogP contribution in [0.5, 0.6) is 0 Å². The van der Waals surface area contributed by atoms with E-state index in [-0.39, 0.29) is 5.91 Å². The molecule has 3 aromatic rings. The number of carbonyl (C=O) groups excluding carboxylic acids is 1. The summed E-state index contributed by atoms with van der Waals surface area (Å²) >= 11 is 0. The predicted molar refractivity (Wildman–Crippen MR) is 127 cm³/mol. The number of hydrogen-bond acceptors (Lipinski definition) is 5. The molecule has 5 rings (SSSR count). The molecule has 1 amide bonds. The number of nitrogens with zero attached hydrogens (tertiary/aromatic N) is 5. The minimum atomic E-state index is 0.0428. The molecule has 0 bridgehead atoms. The van der Waals surface area contributed by atoms with E-state index in [2.05, 4.69) is 39.1 Å². The van der Waals surface area contributed by atoms with Gasteiger partial charge in [-0.15, -0.1) is 0 Å². The number of aryl methyl sites for hydroxylation is 1. The van der Waals surface area contributed by atoms with Gasteiger partial charge < -0.3 is 9.80 Å². The fraction of sp³-hybridized carbons (Fsp3) is 0.462. The minimum Gasteiger partial charge on any atom is -0.341 e. The lowest BCUT2D eigenvalue weighted by Gasteiger charge is -2.33. The van der Waals surface area contributed by atoms with Gasteiger partial charge >= 0.3 is 0 Å². The molecule has 1 unspecified atom stereocenters. The van der Waals surface area contributed by atoms with Gasteiger partial charge in [-0.05, 0) is 81.2 Å². The van der Waals surface area contributed by atoms with Crippen LogP contribution in [0.25, 0.3) is 10.9 Å². The first-order valence-corrected chi connectivity index (χ1v) is 11.9. The lowest BCUT2D eigenvalue weighted by molar-refractivity contribution is 0.0667. The van der Waals surface area contributed by atoms with Crippen molar-refractivity contribution in [3.05, 3.63) is 59.5 Å². The summed E-state index contributed by atoms with van der Waals surface area (Å²) in [7, 11) is 0. The van der Waals surface area contributed by atoms with Crippen molar-refractivity contribution in [2.75, 3.05) is 31.1 Å². The quantitative estimate of drug-likeness (QED) is 0.614. The van der Waals surface area contributed by atoms with Crippen LogP contribution in [0.2, 0.25) is 0 Å². The highest BCUT2D eigenvalue weighted by Gasteiger charge is 2.26. The van der Waals surface area contributed by atoms with Gasteiger partial charge in [-0.25, -0.2) is 9.97 Å². The number of anilines is 1. The molecule has 166 valence electrons. The van der Waals surface area contributed by atoms with Gasteiger partial charge in [0.05, 0.1) is 5.52 Å². The van der Waals surface area contributed by atoms with E-state index >= 15 is 0 Å². The van der Waals surface area contributed by atoms with Gasteiger partial charge in [0.15, 0.2) is 0 Å². The first-order chi connectivity index (χ1) is 15.7. The Bertz CT molecular complexity index is 1110. The van der Waals surface area contributed by atoms with Crippen LogP contribution in [0.1, 0.15) is 53.8 Å². The first-order valence-electron chi connectivity index (χ1n) is 11.9. The molecule has 2 aliphatic rings. The average molecular weight is 430 g/mol. The SMILES string of the molecule is Cc1cc(C(=O)N2CCCC(Cc3ccc4ncccc4c3)C2)nc(N2CCCCC2)n1. The van der Waals surface area contributed by atoms with Crippen molar-refractivity contribution in [2.24, 2.45) is 5.92 Å². The van der Waals surface area contributed by atoms with Crippen LogP contribution in [0, 0.1) is 12.8 Å². The minimum absolute atomic E-state index is 0.0428. The molecular weight excluding hydrogens is 398 g/mol. The number of hydrogen-bond donors (Lipinski definition) is 0. The van der Waals surface area contributed by atoms with E-state index in [4.69, 9.17) is 4.98 Å². The van der Waals surface area contributed by atoms with Crippen molar-refractivity contribution in [3.8, 4) is 0 Å². The van der Waals surface area contributed by atoms with Crippen molar-refractivity contribution < 1.29 is 4.79 Å². The number of likely N-dealkylation sites (tertiary alicyclic amines) is 1. The van der Waals surface area contributed by atoms with E-state index in [1.807, 2.05) is 30.2 Å². The number of aromatic nitrogens is 3. The largest absolute Gasteiger partial charge is 0.341 e. The zero-order chi connectivity index (χ0) is 21.9. The van der Waals surface area contributed by atoms with Crippen LogP contribution in [-0.4, -0.2) is 51.9 Å². The topological polar surface area (TPSA) is 62.2 Å². The summed E-state index contributed by atoms with van der Waals surface area (Å²) in [6, 6.07) is 12.4. The van der Waals surface area contributed by atoms with Crippen molar-refractivity contribution in [2.45, 2.75) is 45.4 Å². The van der Waals surface area contributed by atoms with Gasteiger partial charge in [0.1, 0.15) is 5.69 Å². The third kappa shape index (κ3) is 4.59. The molecule has 0 N–H and O–H groups in total. The average Bonchev–Trinajstić information content (AvgIpc) is 2.84. The Kier molecular flexibility index (Phi) is 6.02. The fourth-order valence-electron chi connectivity index (χ4n) is 5.06. The molecule has 6 heteroatoms. The number of pyridine rings is 1. The number of rotatable bonds is 4. The fourth-order valence-corrected chi connectivity index (χ4v) is 5.06. The van der Waals surface area contributed by atoms with Gasteiger partial charge in [0.25, 0.3) is 5.91 Å². The van der Waals surface area contributed by atoms with Gasteiger partial charge in [-0.3, -0.25) is 9.78 Å². The number of benzene rings is 1. The van der Waals surface area contributed by atoms with Gasteiger partial charge in [-0.1, -0.05) is 12.1 Å². The highest BCUT2D eigenvalue weighted by molar-refractivity contribution is 5.92. The molecule has 2 saturated heterocycles. The van der Waals surface area contributed by atoms with E-state index in [0.29, 0.717) is 17.6 Å². The molecule has 0 spiro atoms. The second kappa shape index (κ2) is 9.23. The van der Waals surface area contributed by atoms with E-state index in [0.717, 1.165) is 56.7 Å². The highest BCUT2D eigenvalue weighted by atomic mass is 16.2. The van der Waals surface area contributed by atoms with Gasteiger partial charge in [0, 0.05) is 43.5 Å². The lowest BCUT2D eigenvalue weighted by Crippen LogP contribution is -2.41. The van der Waals surface area contributed by atoms with Crippen molar-refractivity contribution in [3.63, 3.8) is 0 Å². The Labute approximate surface area is 189 Å². The van der Waals surface area contributed by atoms with Crippen LogP contribution >= 0.6 is 0 Å². The Morgan fingerprint density at radius 3 is 2.78 bits per heavy atom. The van der Waals surface area contributed by atoms with Crippen LogP contribution < -0.4 is 4.90 Å². The normalized spacial score (nSPS) is 19.3. The van der Waals surface area contributed by atoms with E-state index < -0.39 is 0 Å². The number of amides is 1. The summed E-state index contributed by atoms with van der Waals surface area (Å²) in [6.07, 6.45) is 8.59. The summed E-state index contributed by atoms with van der Waals surface area (Å²) in [6.45, 7) is 5.50. The predicted octanol–water partition coefficient (Wildman–Crippen LogP) is 4.42. The van der Waals surface area contributed by atoms with Gasteiger partial charge in [0.2, 0.25) is 5.95 Å². The van der Waals surface area contributed by atoms with Crippen LogP contribution in [0.15, 0.2) is 42.6 Å². The molecule has 0 aliphatic carbocycles. The van der Waals surface area contributed by atoms with Crippen LogP contribution in [0.3, 0.4) is 0 Å². The van der Waals surface area contributed by atoms with E-state index in [1.54, 1.807) is 0 Å². The molecule has 2 aromatic heterocycles. The molecule has 6 nitrogen and oxygen atoms in total. The Morgan fingerprint density at radius 2 is 1.91 bits per heavy atom. The van der Waals surface area contributed by atoms with Gasteiger partial charge in [-0.2, -0.15) is 0 Å². The zero-order valence-electron chi connectivity index (χ0n) is 18.8. The standard InChI is InChI=1S/C26H31N5O/c1-19-15-24(29-26(28-19)30-12-3-2-4-13-30)25(32)31-14-6-7-21(18-31)16-20-9-10-23-22(17-20)8-5-11-27-23/h5,8-11,15,17,21H,2-4,6-7,12-14,16,18H2,1H3. The van der Waals surface area contributed by atoms with E-state index in [1.165, 1.54) is 30.2 Å². The molecule has 1 aromatic carbocycles. The zero-order valence-corrected chi connectivity index (χ0v) is 18.8. The molecule has 2 fully saturated rings. The Morgan fingerprint density at radius 1 is 1.03 bits per heavy atom. The summed E-state index contributed by atoms with van der Waals surface area (Å²) in [5, 5.41) is 1.18. The Hall–Kier alpha value is -3.02. The maximum absolute atomic E-state index is 13.4. The highest BCUT2D eigenvalue weighted by Crippen LogP contribution is 2.24. The first kappa shape index (κ1) is 20.9. The maximum atomic E-state index is 13.4. The summed E-state index contributed by atoms with van der Waals surface area (Å²) < 4.78 is 0. The number of carbonyl (C=O) groups is 1. The lowest BCUT2D eigenvalue weighted by atomic mass is 9.90. The number of fused-ring (bicyclic) bond motifs is 1. The smallest absolute Gasteiger partial charge is 0.272 e. The summed E-state index contributed by atoms with van der Waals surface area (Å²) in [5.41, 5.74) is 3.74. The molecule has 0 saturated carbocycles. The van der Waals surface area contributed by atoms with Crippen molar-refractivity contribution in [1.82, 2.24) is 19.9 Å². The second-order valence-corrected chi connectivity index (χ2v) is 9.24. The summed E-state index contributed by atoms with van der Waals surface area (Å²) in [4.78, 5) is 31.3. The van der Waals surface area contributed by atoms with Crippen LogP contribution in [0.4, 0.5) is 5.95 Å². The monoisotopic (exact) mass is 429 g/mol. The molecular formula is C26H31N5O. The Balaban J connectivity index is 1.29. The third-order valence-electron chi connectivity index (χ3n) is 6.70. The number of piperidine rings is 2. The van der Waals surface area contributed by atoms with Crippen molar-refractivity contribution >= 4 is 22.8 Å². The molecule has 2 aliphatic heterocycles. The third-order valence-corrected chi connectivity index (χ3v) is 6.70. The molecule has 4 heterocycles. The van der Waals surface area contributed by atoms with Crippen LogP contribution in [-0.2, 0) is 6.42 Å². The molecule has 0 radical (unpaired) electrons. The summed E-state index contributed by atoms with van der Waals surface area (Å²) in [5.74, 6) is 1.22. The maximum Gasteiger partial charge on any atom is 0.272 e.